The number of hydrogen-bond acceptors (Lipinski definition) is 3. The molecule has 0 saturated carbocycles. The molecule has 29 heavy (non-hydrogen) atoms. The van der Waals surface area contributed by atoms with Gasteiger partial charge in [-0.05, 0) is 53.5 Å². The molecule has 0 aliphatic carbocycles. The molecule has 0 spiro atoms. The van der Waals surface area contributed by atoms with Gasteiger partial charge >= 0.3 is 0 Å². The summed E-state index contributed by atoms with van der Waals surface area (Å²) in [7, 11) is 3.75. The molecular weight excluding hydrogens is 388 g/mol. The van der Waals surface area contributed by atoms with E-state index in [1.807, 2.05) is 42.1 Å². The van der Waals surface area contributed by atoms with Gasteiger partial charge in [0.15, 0.2) is 0 Å². The summed E-state index contributed by atoms with van der Waals surface area (Å²) in [4.78, 5) is 30.0. The first-order valence-electron chi connectivity index (χ1n) is 9.36. The Morgan fingerprint density at radius 2 is 2.17 bits per heavy atom. The summed E-state index contributed by atoms with van der Waals surface area (Å²) in [5.41, 5.74) is 3.94. The largest absolute Gasteiger partial charge is 0.350 e. The molecule has 0 fully saturated rings. The summed E-state index contributed by atoms with van der Waals surface area (Å²) < 4.78 is 2.03. The van der Waals surface area contributed by atoms with Gasteiger partial charge in [-0.1, -0.05) is 11.6 Å². The van der Waals surface area contributed by atoms with Crippen LogP contribution in [0.4, 0.5) is 5.82 Å². The molecule has 0 unspecified atom stereocenters. The Hall–Kier alpha value is -3.12. The van der Waals surface area contributed by atoms with Gasteiger partial charge in [-0.3, -0.25) is 9.59 Å². The number of likely N-dealkylation sites (N-methyl/N-ethyl adjacent to an activating group) is 1. The van der Waals surface area contributed by atoms with Crippen molar-refractivity contribution in [3.05, 3.63) is 64.4 Å². The van der Waals surface area contributed by atoms with Crippen LogP contribution in [-0.2, 0) is 29.6 Å². The molecule has 7 heteroatoms. The number of anilines is 1. The molecule has 1 aliphatic heterocycles. The fraction of sp³-hybridized carbons (Fsp3) is 0.227. The zero-order chi connectivity index (χ0) is 20.5. The van der Waals surface area contributed by atoms with Crippen LogP contribution in [-0.4, -0.2) is 33.3 Å². The van der Waals surface area contributed by atoms with Crippen molar-refractivity contribution in [2.75, 3.05) is 12.4 Å². The number of aromatic nitrogens is 2. The Bertz CT molecular complexity index is 1150. The van der Waals surface area contributed by atoms with Gasteiger partial charge in [0.1, 0.15) is 5.82 Å². The molecule has 2 aromatic heterocycles. The van der Waals surface area contributed by atoms with Gasteiger partial charge in [0.05, 0.1) is 0 Å². The monoisotopic (exact) mass is 408 g/mol. The van der Waals surface area contributed by atoms with Gasteiger partial charge in [0.25, 0.3) is 0 Å². The lowest BCUT2D eigenvalue weighted by Crippen LogP contribution is -2.24. The first-order chi connectivity index (χ1) is 13.9. The molecule has 3 heterocycles. The lowest BCUT2D eigenvalue weighted by molar-refractivity contribution is -0.125. The Morgan fingerprint density at radius 1 is 1.34 bits per heavy atom. The average molecular weight is 409 g/mol. The number of aryl methyl sites for hydroxylation is 2. The molecule has 1 N–H and O–H groups in total. The van der Waals surface area contributed by atoms with E-state index in [1.54, 1.807) is 30.3 Å². The van der Waals surface area contributed by atoms with Crippen LogP contribution in [0.2, 0.25) is 5.02 Å². The molecule has 1 aliphatic rings. The van der Waals surface area contributed by atoms with E-state index in [-0.39, 0.29) is 11.8 Å². The van der Waals surface area contributed by atoms with Gasteiger partial charge in [-0.2, -0.15) is 0 Å². The number of nitrogens with zero attached hydrogens (tertiary/aromatic N) is 3. The normalized spacial score (nSPS) is 13.6. The lowest BCUT2D eigenvalue weighted by Gasteiger charge is -2.16. The maximum atomic E-state index is 12.6. The van der Waals surface area contributed by atoms with Gasteiger partial charge < -0.3 is 14.8 Å². The minimum atomic E-state index is -0.102. The molecule has 0 bridgehead atoms. The second kappa shape index (κ2) is 7.72. The number of fused-ring (bicyclic) bond motifs is 2. The summed E-state index contributed by atoms with van der Waals surface area (Å²) in [6.07, 6.45) is 8.09. The molecular formula is C22H21ClN4O2. The highest BCUT2D eigenvalue weighted by Crippen LogP contribution is 2.25. The average Bonchev–Trinajstić information content (AvgIpc) is 3.00. The third kappa shape index (κ3) is 4.03. The first-order valence-corrected chi connectivity index (χ1v) is 9.74. The first kappa shape index (κ1) is 19.2. The van der Waals surface area contributed by atoms with Crippen molar-refractivity contribution in [1.82, 2.24) is 14.5 Å². The van der Waals surface area contributed by atoms with E-state index in [1.165, 1.54) is 0 Å². The second-order valence-corrected chi connectivity index (χ2v) is 7.72. The van der Waals surface area contributed by atoms with Crippen molar-refractivity contribution in [2.24, 2.45) is 7.05 Å². The number of rotatable bonds is 4. The van der Waals surface area contributed by atoms with Crippen molar-refractivity contribution in [1.29, 1.82) is 0 Å². The summed E-state index contributed by atoms with van der Waals surface area (Å²) in [5, 5.41) is 4.48. The number of pyridine rings is 1. The molecule has 6 nitrogen and oxygen atoms in total. The summed E-state index contributed by atoms with van der Waals surface area (Å²) in [6.45, 7) is 0.481. The molecule has 148 valence electrons. The van der Waals surface area contributed by atoms with Gasteiger partial charge in [-0.15, -0.1) is 0 Å². The summed E-state index contributed by atoms with van der Waals surface area (Å²) in [5.74, 6) is 0.492. The highest BCUT2D eigenvalue weighted by Gasteiger charge is 2.16. The smallest absolute Gasteiger partial charge is 0.246 e. The molecule has 2 amide bonds. The van der Waals surface area contributed by atoms with E-state index < -0.39 is 0 Å². The van der Waals surface area contributed by atoms with Crippen molar-refractivity contribution in [3.63, 3.8) is 0 Å². The fourth-order valence-corrected chi connectivity index (χ4v) is 3.74. The SMILES string of the molecule is CN(Cc1cn(C)c2ccc(Cl)cc12)C(=O)C=Cc1cnc2c(c1)CCC(=O)N2. The Labute approximate surface area is 173 Å². The quantitative estimate of drug-likeness (QED) is 0.668. The predicted molar refractivity (Wildman–Crippen MR) is 115 cm³/mol. The maximum absolute atomic E-state index is 12.6. The molecule has 0 atom stereocenters. The number of hydrogen-bond donors (Lipinski definition) is 1. The lowest BCUT2D eigenvalue weighted by atomic mass is 10.0. The Morgan fingerprint density at radius 3 is 3.00 bits per heavy atom. The fourth-order valence-electron chi connectivity index (χ4n) is 3.57. The number of nitrogens with one attached hydrogen (secondary N) is 1. The van der Waals surface area contributed by atoms with Crippen molar-refractivity contribution in [3.8, 4) is 0 Å². The number of halogens is 1. The van der Waals surface area contributed by atoms with Crippen molar-refractivity contribution < 1.29 is 9.59 Å². The van der Waals surface area contributed by atoms with Crippen LogP contribution in [0.5, 0.6) is 0 Å². The zero-order valence-corrected chi connectivity index (χ0v) is 17.0. The van der Waals surface area contributed by atoms with E-state index in [2.05, 4.69) is 10.3 Å². The van der Waals surface area contributed by atoms with E-state index in [0.29, 0.717) is 30.2 Å². The minimum absolute atomic E-state index is 0.0141. The molecule has 0 saturated heterocycles. The summed E-state index contributed by atoms with van der Waals surface area (Å²) in [6, 6.07) is 7.73. The number of amides is 2. The van der Waals surface area contributed by atoms with E-state index in [4.69, 9.17) is 11.6 Å². The Kier molecular flexibility index (Phi) is 5.11. The van der Waals surface area contributed by atoms with Crippen LogP contribution in [0, 0.1) is 0 Å². The molecule has 3 aromatic rings. The molecule has 1 aromatic carbocycles. The standard InChI is InChI=1S/C22H21ClN4O2/c1-26-12-16(18-10-17(23)5-6-19(18)26)13-27(2)21(29)8-3-14-9-15-4-7-20(28)25-22(15)24-11-14/h3,5-6,8-12H,4,7,13H2,1-2H3,(H,24,25,28). The van der Waals surface area contributed by atoms with Crippen molar-refractivity contribution in [2.45, 2.75) is 19.4 Å². The molecule has 0 radical (unpaired) electrons. The highest BCUT2D eigenvalue weighted by atomic mass is 35.5. The van der Waals surface area contributed by atoms with E-state index in [0.717, 1.165) is 27.6 Å². The zero-order valence-electron chi connectivity index (χ0n) is 16.3. The van der Waals surface area contributed by atoms with Crippen LogP contribution in [0.3, 0.4) is 0 Å². The van der Waals surface area contributed by atoms with Gasteiger partial charge in [-0.25, -0.2) is 4.98 Å². The number of carbonyl (C=O) groups is 2. The summed E-state index contributed by atoms with van der Waals surface area (Å²) >= 11 is 6.14. The van der Waals surface area contributed by atoms with Crippen LogP contribution in [0.1, 0.15) is 23.1 Å². The minimum Gasteiger partial charge on any atom is -0.350 e. The number of carbonyl (C=O) groups excluding carboxylic acids is 2. The second-order valence-electron chi connectivity index (χ2n) is 7.28. The van der Waals surface area contributed by atoms with Crippen LogP contribution < -0.4 is 5.32 Å². The van der Waals surface area contributed by atoms with Gasteiger partial charge in [0, 0.05) is 61.5 Å². The topological polar surface area (TPSA) is 67.2 Å². The van der Waals surface area contributed by atoms with Crippen LogP contribution in [0.15, 0.2) is 42.7 Å². The number of benzene rings is 1. The van der Waals surface area contributed by atoms with E-state index >= 15 is 0 Å². The van der Waals surface area contributed by atoms with E-state index in [9.17, 15) is 9.59 Å². The Balaban J connectivity index is 1.48. The van der Waals surface area contributed by atoms with Crippen LogP contribution in [0.25, 0.3) is 17.0 Å². The van der Waals surface area contributed by atoms with Gasteiger partial charge in [0.2, 0.25) is 11.8 Å². The third-order valence-corrected chi connectivity index (χ3v) is 5.34. The third-order valence-electron chi connectivity index (χ3n) is 5.10. The van der Waals surface area contributed by atoms with Crippen molar-refractivity contribution >= 4 is 46.2 Å². The highest BCUT2D eigenvalue weighted by molar-refractivity contribution is 6.31. The maximum Gasteiger partial charge on any atom is 0.246 e. The predicted octanol–water partition coefficient (Wildman–Crippen LogP) is 3.78. The van der Waals surface area contributed by atoms with Crippen LogP contribution >= 0.6 is 11.6 Å². The molecule has 4 rings (SSSR count).